The summed E-state index contributed by atoms with van der Waals surface area (Å²) in [4.78, 5) is 12.0. The highest BCUT2D eigenvalue weighted by Crippen LogP contribution is 2.23. The molecule has 2 rings (SSSR count). The van der Waals surface area contributed by atoms with Gasteiger partial charge in [0.05, 0.1) is 0 Å². The van der Waals surface area contributed by atoms with Gasteiger partial charge in [0.2, 0.25) is 5.91 Å². The number of benzene rings is 1. The zero-order chi connectivity index (χ0) is 13.7. The molecule has 1 amide bonds. The van der Waals surface area contributed by atoms with Crippen LogP contribution in [0.1, 0.15) is 26.2 Å². The van der Waals surface area contributed by atoms with Crippen molar-refractivity contribution < 1.29 is 4.79 Å². The van der Waals surface area contributed by atoms with Crippen molar-refractivity contribution in [1.29, 1.82) is 0 Å². The van der Waals surface area contributed by atoms with Crippen molar-refractivity contribution in [2.24, 2.45) is 11.8 Å². The largest absolute Gasteiger partial charge is 0.326 e. The molecule has 19 heavy (non-hydrogen) atoms. The first-order valence-electron chi connectivity index (χ1n) is 6.91. The third-order valence-corrected chi connectivity index (χ3v) is 4.30. The van der Waals surface area contributed by atoms with Gasteiger partial charge in [-0.05, 0) is 62.0 Å². The minimum atomic E-state index is 0.111. The van der Waals surface area contributed by atoms with Crippen molar-refractivity contribution in [2.45, 2.75) is 26.2 Å². The van der Waals surface area contributed by atoms with Crippen LogP contribution in [0.25, 0.3) is 0 Å². The molecule has 1 aliphatic heterocycles. The van der Waals surface area contributed by atoms with E-state index in [0.717, 1.165) is 23.2 Å². The topological polar surface area (TPSA) is 41.1 Å². The SMILES string of the molecule is CC(CC(=O)Nc1ccc(Br)cc1)C1CCCNC1. The van der Waals surface area contributed by atoms with Crippen LogP contribution in [0.5, 0.6) is 0 Å². The Morgan fingerprint density at radius 3 is 2.84 bits per heavy atom. The Morgan fingerprint density at radius 1 is 1.47 bits per heavy atom. The maximum atomic E-state index is 12.0. The van der Waals surface area contributed by atoms with E-state index in [0.29, 0.717) is 18.3 Å². The average Bonchev–Trinajstić information content (AvgIpc) is 2.42. The quantitative estimate of drug-likeness (QED) is 0.891. The van der Waals surface area contributed by atoms with Crippen LogP contribution < -0.4 is 10.6 Å². The van der Waals surface area contributed by atoms with Crippen LogP contribution in [0.3, 0.4) is 0 Å². The second-order valence-electron chi connectivity index (χ2n) is 5.34. The number of piperidine rings is 1. The second-order valence-corrected chi connectivity index (χ2v) is 6.26. The van der Waals surface area contributed by atoms with Crippen LogP contribution in [0.2, 0.25) is 0 Å². The molecule has 0 spiro atoms. The maximum absolute atomic E-state index is 12.0. The lowest BCUT2D eigenvalue weighted by Gasteiger charge is -2.28. The van der Waals surface area contributed by atoms with E-state index in [-0.39, 0.29) is 5.91 Å². The first kappa shape index (κ1) is 14.5. The van der Waals surface area contributed by atoms with Crippen LogP contribution in [0.15, 0.2) is 28.7 Å². The van der Waals surface area contributed by atoms with Gasteiger partial charge in [0.15, 0.2) is 0 Å². The van der Waals surface area contributed by atoms with Crippen LogP contribution >= 0.6 is 15.9 Å². The van der Waals surface area contributed by atoms with Crippen LogP contribution in [0.4, 0.5) is 5.69 Å². The summed E-state index contributed by atoms with van der Waals surface area (Å²) in [7, 11) is 0. The summed E-state index contributed by atoms with van der Waals surface area (Å²) < 4.78 is 1.02. The first-order valence-corrected chi connectivity index (χ1v) is 7.70. The molecule has 0 aromatic heterocycles. The number of carbonyl (C=O) groups is 1. The molecule has 1 aromatic carbocycles. The van der Waals surface area contributed by atoms with Crippen LogP contribution in [-0.4, -0.2) is 19.0 Å². The average molecular weight is 325 g/mol. The van der Waals surface area contributed by atoms with Gasteiger partial charge in [-0.15, -0.1) is 0 Å². The summed E-state index contributed by atoms with van der Waals surface area (Å²) in [6, 6.07) is 7.69. The van der Waals surface area contributed by atoms with Gasteiger partial charge in [0.25, 0.3) is 0 Å². The number of nitrogens with one attached hydrogen (secondary N) is 2. The van der Waals surface area contributed by atoms with Crippen molar-refractivity contribution in [3.8, 4) is 0 Å². The molecule has 2 unspecified atom stereocenters. The normalized spacial score (nSPS) is 20.8. The summed E-state index contributed by atoms with van der Waals surface area (Å²) in [5.41, 5.74) is 0.863. The molecule has 4 heteroatoms. The van der Waals surface area contributed by atoms with Crippen LogP contribution in [-0.2, 0) is 4.79 Å². The molecule has 0 saturated carbocycles. The number of amides is 1. The molecule has 1 saturated heterocycles. The molecule has 3 nitrogen and oxygen atoms in total. The fraction of sp³-hybridized carbons (Fsp3) is 0.533. The third-order valence-electron chi connectivity index (χ3n) is 3.78. The zero-order valence-corrected chi connectivity index (χ0v) is 12.9. The fourth-order valence-electron chi connectivity index (χ4n) is 2.57. The molecule has 104 valence electrons. The lowest BCUT2D eigenvalue weighted by Crippen LogP contribution is -2.34. The van der Waals surface area contributed by atoms with Crippen LogP contribution in [0, 0.1) is 11.8 Å². The van der Waals surface area contributed by atoms with E-state index in [2.05, 4.69) is 33.5 Å². The molecular formula is C15H21BrN2O. The second kappa shape index (κ2) is 7.06. The standard InChI is InChI=1S/C15H21BrN2O/c1-11(12-3-2-8-17-10-12)9-15(19)18-14-6-4-13(16)5-7-14/h4-7,11-12,17H,2-3,8-10H2,1H3,(H,18,19). The highest BCUT2D eigenvalue weighted by molar-refractivity contribution is 9.10. The Kier molecular flexibility index (Phi) is 5.40. The summed E-state index contributed by atoms with van der Waals surface area (Å²) >= 11 is 3.38. The lowest BCUT2D eigenvalue weighted by atomic mass is 9.85. The van der Waals surface area contributed by atoms with Gasteiger partial charge in [-0.25, -0.2) is 0 Å². The van der Waals surface area contributed by atoms with Gasteiger partial charge in [-0.1, -0.05) is 22.9 Å². The highest BCUT2D eigenvalue weighted by Gasteiger charge is 2.21. The summed E-state index contributed by atoms with van der Waals surface area (Å²) in [5.74, 6) is 1.17. The fourth-order valence-corrected chi connectivity index (χ4v) is 2.83. The number of halogens is 1. The predicted octanol–water partition coefficient (Wildman–Crippen LogP) is 3.41. The van der Waals surface area contributed by atoms with E-state index in [4.69, 9.17) is 0 Å². The van der Waals surface area contributed by atoms with Gasteiger partial charge in [0.1, 0.15) is 0 Å². The number of rotatable bonds is 4. The van der Waals surface area contributed by atoms with E-state index < -0.39 is 0 Å². The van der Waals surface area contributed by atoms with Gasteiger partial charge in [0, 0.05) is 16.6 Å². The van der Waals surface area contributed by atoms with Gasteiger partial charge in [-0.2, -0.15) is 0 Å². The van der Waals surface area contributed by atoms with Crippen molar-refractivity contribution in [3.05, 3.63) is 28.7 Å². The molecule has 0 radical (unpaired) electrons. The Bertz CT molecular complexity index is 413. The van der Waals surface area contributed by atoms with E-state index in [9.17, 15) is 4.79 Å². The molecule has 1 aliphatic rings. The number of hydrogen-bond acceptors (Lipinski definition) is 2. The maximum Gasteiger partial charge on any atom is 0.224 e. The molecule has 1 fully saturated rings. The minimum Gasteiger partial charge on any atom is -0.326 e. The first-order chi connectivity index (χ1) is 9.15. The van der Waals surface area contributed by atoms with Crippen molar-refractivity contribution in [2.75, 3.05) is 18.4 Å². The summed E-state index contributed by atoms with van der Waals surface area (Å²) in [6.07, 6.45) is 3.06. The summed E-state index contributed by atoms with van der Waals surface area (Å²) in [5, 5.41) is 6.37. The molecule has 1 aromatic rings. The Balaban J connectivity index is 1.81. The number of anilines is 1. The molecule has 0 aliphatic carbocycles. The highest BCUT2D eigenvalue weighted by atomic mass is 79.9. The predicted molar refractivity (Wildman–Crippen MR) is 82.1 cm³/mol. The monoisotopic (exact) mass is 324 g/mol. The molecule has 1 heterocycles. The van der Waals surface area contributed by atoms with E-state index in [1.165, 1.54) is 12.8 Å². The zero-order valence-electron chi connectivity index (χ0n) is 11.3. The van der Waals surface area contributed by atoms with Gasteiger partial charge < -0.3 is 10.6 Å². The number of hydrogen-bond donors (Lipinski definition) is 2. The smallest absolute Gasteiger partial charge is 0.224 e. The molecular weight excluding hydrogens is 304 g/mol. The van der Waals surface area contributed by atoms with E-state index in [1.807, 2.05) is 24.3 Å². The van der Waals surface area contributed by atoms with Crippen molar-refractivity contribution in [3.63, 3.8) is 0 Å². The van der Waals surface area contributed by atoms with Gasteiger partial charge >= 0.3 is 0 Å². The van der Waals surface area contributed by atoms with Gasteiger partial charge in [-0.3, -0.25) is 4.79 Å². The molecule has 2 atom stereocenters. The minimum absolute atomic E-state index is 0.111. The Morgan fingerprint density at radius 2 is 2.21 bits per heavy atom. The lowest BCUT2D eigenvalue weighted by molar-refractivity contribution is -0.117. The van der Waals surface area contributed by atoms with E-state index in [1.54, 1.807) is 0 Å². The van der Waals surface area contributed by atoms with Crippen molar-refractivity contribution >= 4 is 27.5 Å². The van der Waals surface area contributed by atoms with Crippen molar-refractivity contribution in [1.82, 2.24) is 5.32 Å². The Hall–Kier alpha value is -0.870. The third kappa shape index (κ3) is 4.62. The molecule has 0 bridgehead atoms. The summed E-state index contributed by atoms with van der Waals surface area (Å²) in [6.45, 7) is 4.35. The number of carbonyl (C=O) groups excluding carboxylic acids is 1. The van der Waals surface area contributed by atoms with E-state index >= 15 is 0 Å². The molecule has 2 N–H and O–H groups in total. The Labute approximate surface area is 123 Å².